The van der Waals surface area contributed by atoms with Gasteiger partial charge in [-0.25, -0.2) is 0 Å². The van der Waals surface area contributed by atoms with Crippen LogP contribution in [0.5, 0.6) is 0 Å². The van der Waals surface area contributed by atoms with Gasteiger partial charge in [-0.15, -0.1) is 0 Å². The summed E-state index contributed by atoms with van der Waals surface area (Å²) in [5, 5.41) is 0. The molecule has 0 bridgehead atoms. The summed E-state index contributed by atoms with van der Waals surface area (Å²) in [5.74, 6) is 0. The molecule has 0 spiro atoms. The third kappa shape index (κ3) is 30.1. The van der Waals surface area contributed by atoms with Gasteiger partial charge in [-0.3, -0.25) is 0 Å². The Balaban J connectivity index is -0.0000000200. The number of methoxy groups -OCH3 is 1. The average Bonchev–Trinajstić information content (AvgIpc) is 0.918. The molecule has 0 fully saturated rings. The van der Waals surface area contributed by atoms with Crippen molar-refractivity contribution in [1.29, 1.82) is 0 Å². The Labute approximate surface area is 72.3 Å². The summed E-state index contributed by atoms with van der Waals surface area (Å²) in [4.78, 5) is 0. The molecular formula is C2H10BaO2. The third-order valence-corrected chi connectivity index (χ3v) is 0. The minimum absolute atomic E-state index is 0. The molecule has 0 unspecified atom stereocenters. The Morgan fingerprint density at radius 3 is 1.20 bits per heavy atom. The van der Waals surface area contributed by atoms with Crippen LogP contribution in [0, 0.1) is 0 Å². The van der Waals surface area contributed by atoms with Crippen LogP contribution in [0.4, 0.5) is 0 Å². The van der Waals surface area contributed by atoms with Gasteiger partial charge in [0.2, 0.25) is 0 Å². The first kappa shape index (κ1) is 16.1. The van der Waals surface area contributed by atoms with Gasteiger partial charge in [0.15, 0.2) is 0 Å². The average molecular weight is 203 g/mol. The predicted molar refractivity (Wildman–Crippen MR) is 25.1 cm³/mol. The molecule has 3 heteroatoms. The van der Waals surface area contributed by atoms with Gasteiger partial charge in [-0.1, -0.05) is 0 Å². The molecule has 0 atom stereocenters. The molecule has 32 valence electrons. The third-order valence-electron chi connectivity index (χ3n) is 0. The summed E-state index contributed by atoms with van der Waals surface area (Å²) < 4.78 is 4.25. The number of rotatable bonds is 0. The molecule has 0 radical (unpaired) electrons. The van der Waals surface area contributed by atoms with Crippen molar-refractivity contribution in [3.63, 3.8) is 0 Å². The second-order valence-electron chi connectivity index (χ2n) is 0.408. The molecule has 5 heavy (non-hydrogen) atoms. The SMILES string of the molecule is COC.O.[BaH2]. The molecule has 0 amide bonds. The molecular weight excluding hydrogens is 193 g/mol. The van der Waals surface area contributed by atoms with Gasteiger partial charge in [0.25, 0.3) is 0 Å². The number of hydrogen-bond donors (Lipinski definition) is 0. The maximum absolute atomic E-state index is 4.25. The Morgan fingerprint density at radius 1 is 1.20 bits per heavy atom. The summed E-state index contributed by atoms with van der Waals surface area (Å²) >= 11 is 0. The van der Waals surface area contributed by atoms with Crippen LogP contribution >= 0.6 is 0 Å². The topological polar surface area (TPSA) is 40.7 Å². The molecule has 0 saturated carbocycles. The summed E-state index contributed by atoms with van der Waals surface area (Å²) in [6.07, 6.45) is 0. The van der Waals surface area contributed by atoms with Gasteiger partial charge < -0.3 is 10.2 Å². The Bertz CT molecular complexity index is 7.61. The van der Waals surface area contributed by atoms with E-state index in [-0.39, 0.29) is 54.4 Å². The van der Waals surface area contributed by atoms with Crippen LogP contribution in [0.3, 0.4) is 0 Å². The van der Waals surface area contributed by atoms with Crippen molar-refractivity contribution in [3.05, 3.63) is 0 Å². The summed E-state index contributed by atoms with van der Waals surface area (Å²) in [6.45, 7) is 0. The van der Waals surface area contributed by atoms with Crippen molar-refractivity contribution >= 4 is 48.9 Å². The van der Waals surface area contributed by atoms with Crippen molar-refractivity contribution in [3.8, 4) is 0 Å². The van der Waals surface area contributed by atoms with Crippen LogP contribution in [0.1, 0.15) is 0 Å². The van der Waals surface area contributed by atoms with Crippen LogP contribution < -0.4 is 0 Å². The molecule has 0 aromatic carbocycles. The molecule has 0 rings (SSSR count). The van der Waals surface area contributed by atoms with E-state index in [0.29, 0.717) is 0 Å². The summed E-state index contributed by atoms with van der Waals surface area (Å²) in [7, 11) is 3.25. The van der Waals surface area contributed by atoms with Crippen LogP contribution in [0.2, 0.25) is 0 Å². The Hall–Kier alpha value is 1.49. The summed E-state index contributed by atoms with van der Waals surface area (Å²) in [6, 6.07) is 0. The molecule has 0 aliphatic carbocycles. The predicted octanol–water partition coefficient (Wildman–Crippen LogP) is -1.48. The van der Waals surface area contributed by atoms with Crippen LogP contribution in [0.25, 0.3) is 0 Å². The molecule has 0 aromatic rings. The zero-order valence-electron chi connectivity index (χ0n) is 2.91. The van der Waals surface area contributed by atoms with Crippen molar-refractivity contribution in [1.82, 2.24) is 0 Å². The van der Waals surface area contributed by atoms with Gasteiger partial charge in [-0.05, 0) is 0 Å². The van der Waals surface area contributed by atoms with Crippen LogP contribution in [-0.2, 0) is 4.74 Å². The van der Waals surface area contributed by atoms with Gasteiger partial charge in [-0.2, -0.15) is 0 Å². The maximum atomic E-state index is 4.25. The molecule has 0 aliphatic rings. The zero-order valence-corrected chi connectivity index (χ0v) is 2.91. The fourth-order valence-electron chi connectivity index (χ4n) is 0. The Kier molecular flexibility index (Phi) is 57.3. The van der Waals surface area contributed by atoms with E-state index in [0.717, 1.165) is 0 Å². The van der Waals surface area contributed by atoms with E-state index in [2.05, 4.69) is 4.74 Å². The minimum atomic E-state index is 0. The second-order valence-corrected chi connectivity index (χ2v) is 0.408. The first-order valence-corrected chi connectivity index (χ1v) is 0.816. The van der Waals surface area contributed by atoms with Gasteiger partial charge in [0.05, 0.1) is 0 Å². The second kappa shape index (κ2) is 17.8. The van der Waals surface area contributed by atoms with E-state index in [4.69, 9.17) is 0 Å². The van der Waals surface area contributed by atoms with E-state index in [9.17, 15) is 0 Å². The monoisotopic (exact) mass is 204 g/mol. The molecule has 0 saturated heterocycles. The van der Waals surface area contributed by atoms with Crippen LogP contribution in [0.15, 0.2) is 0 Å². The van der Waals surface area contributed by atoms with E-state index >= 15 is 0 Å². The molecule has 2 N–H and O–H groups in total. The number of ether oxygens (including phenoxy) is 1. The van der Waals surface area contributed by atoms with Gasteiger partial charge >= 0.3 is 48.9 Å². The van der Waals surface area contributed by atoms with E-state index in [1.807, 2.05) is 0 Å². The van der Waals surface area contributed by atoms with E-state index in [1.165, 1.54) is 0 Å². The Morgan fingerprint density at radius 2 is 1.20 bits per heavy atom. The van der Waals surface area contributed by atoms with E-state index < -0.39 is 0 Å². The van der Waals surface area contributed by atoms with Crippen LogP contribution in [-0.4, -0.2) is 68.6 Å². The first-order chi connectivity index (χ1) is 1.41. The fourth-order valence-corrected chi connectivity index (χ4v) is 0. The van der Waals surface area contributed by atoms with Crippen molar-refractivity contribution < 1.29 is 10.2 Å². The van der Waals surface area contributed by atoms with Gasteiger partial charge in [0.1, 0.15) is 0 Å². The normalized spacial score (nSPS) is 3.60. The van der Waals surface area contributed by atoms with Crippen molar-refractivity contribution in [2.24, 2.45) is 0 Å². The standard InChI is InChI=1S/C2H6O.Ba.H2O.2H/c1-3-2;;;;/h1-2H3;;1H2;;. The molecule has 0 aromatic heterocycles. The van der Waals surface area contributed by atoms with Crippen molar-refractivity contribution in [2.75, 3.05) is 14.2 Å². The quantitative estimate of drug-likeness (QED) is 0.443. The van der Waals surface area contributed by atoms with Gasteiger partial charge in [0, 0.05) is 14.2 Å². The molecule has 0 heterocycles. The van der Waals surface area contributed by atoms with Crippen molar-refractivity contribution in [2.45, 2.75) is 0 Å². The van der Waals surface area contributed by atoms with E-state index in [1.54, 1.807) is 14.2 Å². The molecule has 0 aliphatic heterocycles. The molecule has 2 nitrogen and oxygen atoms in total. The fraction of sp³-hybridized carbons (Fsp3) is 1.00. The summed E-state index contributed by atoms with van der Waals surface area (Å²) in [5.41, 5.74) is 0. The first-order valence-electron chi connectivity index (χ1n) is 0.816. The zero-order chi connectivity index (χ0) is 2.71. The number of hydrogen-bond acceptors (Lipinski definition) is 1.